The van der Waals surface area contributed by atoms with Crippen molar-refractivity contribution in [2.45, 2.75) is 31.3 Å². The van der Waals surface area contributed by atoms with E-state index in [1.807, 2.05) is 25.1 Å². The highest BCUT2D eigenvalue weighted by molar-refractivity contribution is 7.99. The minimum absolute atomic E-state index is 0.310. The fraction of sp³-hybridized carbons (Fsp3) is 0.455. The van der Waals surface area contributed by atoms with Crippen molar-refractivity contribution >= 4 is 11.8 Å². The Hall–Kier alpha value is -0.470. The molecule has 0 saturated heterocycles. The molecule has 1 aromatic rings. The van der Waals surface area contributed by atoms with Crippen molar-refractivity contribution in [1.29, 1.82) is 0 Å². The Morgan fingerprint density at radius 1 is 1.31 bits per heavy atom. The first-order chi connectivity index (χ1) is 6.29. The summed E-state index contributed by atoms with van der Waals surface area (Å²) < 4.78 is 0. The first kappa shape index (κ1) is 10.6. The van der Waals surface area contributed by atoms with Crippen molar-refractivity contribution in [3.63, 3.8) is 0 Å². The lowest BCUT2D eigenvalue weighted by Crippen LogP contribution is -1.97. The van der Waals surface area contributed by atoms with E-state index in [9.17, 15) is 5.11 Å². The maximum Gasteiger partial charge on any atom is 0.0798 e. The number of hydrogen-bond donors (Lipinski definition) is 1. The summed E-state index contributed by atoms with van der Waals surface area (Å²) in [6.45, 7) is 4.12. The van der Waals surface area contributed by atoms with Crippen LogP contribution in [0.4, 0.5) is 0 Å². The van der Waals surface area contributed by atoms with Crippen LogP contribution in [0, 0.1) is 0 Å². The SMILES string of the molecule is CCSc1ccccc1[C@H](O)CC. The second-order valence-electron chi connectivity index (χ2n) is 2.89. The van der Waals surface area contributed by atoms with Crippen molar-refractivity contribution in [3.8, 4) is 0 Å². The van der Waals surface area contributed by atoms with E-state index in [2.05, 4.69) is 13.0 Å². The molecule has 1 nitrogen and oxygen atoms in total. The van der Waals surface area contributed by atoms with Gasteiger partial charge in [0.15, 0.2) is 0 Å². The molecule has 0 bridgehead atoms. The molecule has 0 amide bonds. The molecule has 1 rings (SSSR count). The molecule has 0 aliphatic rings. The number of aliphatic hydroxyl groups is 1. The summed E-state index contributed by atoms with van der Waals surface area (Å²) in [5.74, 6) is 1.05. The highest BCUT2D eigenvalue weighted by atomic mass is 32.2. The minimum Gasteiger partial charge on any atom is -0.388 e. The molecule has 0 heterocycles. The average Bonchev–Trinajstić information content (AvgIpc) is 2.18. The molecule has 1 aromatic carbocycles. The van der Waals surface area contributed by atoms with Gasteiger partial charge in [-0.15, -0.1) is 11.8 Å². The second-order valence-corrected chi connectivity index (χ2v) is 4.20. The van der Waals surface area contributed by atoms with E-state index in [0.717, 1.165) is 17.7 Å². The van der Waals surface area contributed by atoms with Crippen molar-refractivity contribution in [2.75, 3.05) is 5.75 Å². The summed E-state index contributed by atoms with van der Waals surface area (Å²) in [5.41, 5.74) is 1.07. The van der Waals surface area contributed by atoms with Crippen molar-refractivity contribution in [2.24, 2.45) is 0 Å². The topological polar surface area (TPSA) is 20.2 Å². The first-order valence-electron chi connectivity index (χ1n) is 4.69. The van der Waals surface area contributed by atoms with Gasteiger partial charge in [-0.2, -0.15) is 0 Å². The average molecular weight is 196 g/mol. The smallest absolute Gasteiger partial charge is 0.0798 e. The Bertz CT molecular complexity index is 260. The van der Waals surface area contributed by atoms with Crippen LogP contribution in [0.15, 0.2) is 29.2 Å². The quantitative estimate of drug-likeness (QED) is 0.746. The third-order valence-electron chi connectivity index (χ3n) is 1.96. The molecule has 0 spiro atoms. The van der Waals surface area contributed by atoms with E-state index in [4.69, 9.17) is 0 Å². The second kappa shape index (κ2) is 5.30. The Morgan fingerprint density at radius 2 is 2.00 bits per heavy atom. The van der Waals surface area contributed by atoms with Gasteiger partial charge in [0.2, 0.25) is 0 Å². The summed E-state index contributed by atoms with van der Waals surface area (Å²) in [7, 11) is 0. The standard InChI is InChI=1S/C11H16OS/c1-3-10(12)9-7-5-6-8-11(9)13-4-2/h5-8,10,12H,3-4H2,1-2H3/t10-/m1/s1. The first-order valence-corrected chi connectivity index (χ1v) is 5.68. The Morgan fingerprint density at radius 3 is 2.62 bits per heavy atom. The highest BCUT2D eigenvalue weighted by Gasteiger charge is 2.08. The van der Waals surface area contributed by atoms with Gasteiger partial charge in [-0.3, -0.25) is 0 Å². The zero-order chi connectivity index (χ0) is 9.68. The predicted octanol–water partition coefficient (Wildman–Crippen LogP) is 3.24. The van der Waals surface area contributed by atoms with Gasteiger partial charge in [0.1, 0.15) is 0 Å². The Kier molecular flexibility index (Phi) is 4.33. The van der Waals surface area contributed by atoms with E-state index >= 15 is 0 Å². The molecule has 0 aliphatic heterocycles. The van der Waals surface area contributed by atoms with Crippen LogP contribution >= 0.6 is 11.8 Å². The summed E-state index contributed by atoms with van der Waals surface area (Å²) >= 11 is 1.79. The Labute approximate surface area is 84.2 Å². The largest absolute Gasteiger partial charge is 0.388 e. The van der Waals surface area contributed by atoms with Crippen molar-refractivity contribution in [1.82, 2.24) is 0 Å². The van der Waals surface area contributed by atoms with E-state index in [1.54, 1.807) is 11.8 Å². The molecule has 13 heavy (non-hydrogen) atoms. The number of hydrogen-bond acceptors (Lipinski definition) is 2. The molecule has 0 fully saturated rings. The zero-order valence-corrected chi connectivity index (χ0v) is 8.97. The van der Waals surface area contributed by atoms with E-state index in [-0.39, 0.29) is 6.10 Å². The third-order valence-corrected chi connectivity index (χ3v) is 2.94. The van der Waals surface area contributed by atoms with Gasteiger partial charge in [-0.1, -0.05) is 32.0 Å². The normalized spacial score (nSPS) is 12.8. The van der Waals surface area contributed by atoms with Gasteiger partial charge in [0, 0.05) is 4.90 Å². The Balaban J connectivity index is 2.90. The molecular formula is C11H16OS. The molecule has 2 heteroatoms. The fourth-order valence-corrected chi connectivity index (χ4v) is 2.12. The highest BCUT2D eigenvalue weighted by Crippen LogP contribution is 2.28. The summed E-state index contributed by atoms with van der Waals surface area (Å²) in [4.78, 5) is 1.21. The molecule has 0 saturated carbocycles. The van der Waals surface area contributed by atoms with Crippen LogP contribution in [-0.2, 0) is 0 Å². The van der Waals surface area contributed by atoms with Crippen LogP contribution < -0.4 is 0 Å². The van der Waals surface area contributed by atoms with Gasteiger partial charge in [-0.05, 0) is 23.8 Å². The predicted molar refractivity (Wildman–Crippen MR) is 58.1 cm³/mol. The third kappa shape index (κ3) is 2.75. The lowest BCUT2D eigenvalue weighted by Gasteiger charge is -2.12. The molecule has 1 atom stereocenters. The number of thioether (sulfide) groups is 1. The molecule has 0 radical (unpaired) electrons. The van der Waals surface area contributed by atoms with E-state index in [0.29, 0.717) is 0 Å². The summed E-state index contributed by atoms with van der Waals surface area (Å²) in [6.07, 6.45) is 0.469. The lowest BCUT2D eigenvalue weighted by molar-refractivity contribution is 0.171. The van der Waals surface area contributed by atoms with E-state index < -0.39 is 0 Å². The van der Waals surface area contributed by atoms with Crippen LogP contribution in [0.5, 0.6) is 0 Å². The van der Waals surface area contributed by atoms with Crippen LogP contribution in [0.1, 0.15) is 31.9 Å². The van der Waals surface area contributed by atoms with E-state index in [1.165, 1.54) is 4.90 Å². The maximum absolute atomic E-state index is 9.72. The number of benzene rings is 1. The van der Waals surface area contributed by atoms with Crippen molar-refractivity contribution in [3.05, 3.63) is 29.8 Å². The molecule has 0 aliphatic carbocycles. The van der Waals surface area contributed by atoms with Gasteiger partial charge in [-0.25, -0.2) is 0 Å². The van der Waals surface area contributed by atoms with Crippen LogP contribution in [-0.4, -0.2) is 10.9 Å². The summed E-state index contributed by atoms with van der Waals surface area (Å²) in [5, 5.41) is 9.72. The van der Waals surface area contributed by atoms with Crippen LogP contribution in [0.3, 0.4) is 0 Å². The zero-order valence-electron chi connectivity index (χ0n) is 8.16. The molecule has 1 N–H and O–H groups in total. The van der Waals surface area contributed by atoms with Crippen LogP contribution in [0.25, 0.3) is 0 Å². The molecule has 0 aromatic heterocycles. The lowest BCUT2D eigenvalue weighted by atomic mass is 10.1. The molecule has 0 unspecified atom stereocenters. The van der Waals surface area contributed by atoms with Crippen LogP contribution in [0.2, 0.25) is 0 Å². The van der Waals surface area contributed by atoms with Gasteiger partial charge < -0.3 is 5.11 Å². The fourth-order valence-electron chi connectivity index (χ4n) is 1.26. The summed E-state index contributed by atoms with van der Waals surface area (Å²) in [6, 6.07) is 8.08. The van der Waals surface area contributed by atoms with Crippen molar-refractivity contribution < 1.29 is 5.11 Å². The maximum atomic E-state index is 9.72. The van der Waals surface area contributed by atoms with Gasteiger partial charge in [0.25, 0.3) is 0 Å². The number of aliphatic hydroxyl groups excluding tert-OH is 1. The van der Waals surface area contributed by atoms with Gasteiger partial charge in [0.05, 0.1) is 6.10 Å². The number of rotatable bonds is 4. The van der Waals surface area contributed by atoms with Gasteiger partial charge >= 0.3 is 0 Å². The minimum atomic E-state index is -0.310. The molecule has 72 valence electrons. The molecular weight excluding hydrogens is 180 g/mol. The monoisotopic (exact) mass is 196 g/mol.